The van der Waals surface area contributed by atoms with Crippen LogP contribution in [0.2, 0.25) is 0 Å². The van der Waals surface area contributed by atoms with Crippen molar-refractivity contribution in [2.45, 2.75) is 0 Å². The van der Waals surface area contributed by atoms with Gasteiger partial charge >= 0.3 is 0 Å². The molecule has 0 radical (unpaired) electrons. The summed E-state index contributed by atoms with van der Waals surface area (Å²) in [6.45, 7) is 0. The van der Waals surface area contributed by atoms with E-state index in [2.05, 4.69) is 388 Å². The fraction of sp³-hybridized carbons (Fsp3) is 0. The van der Waals surface area contributed by atoms with Crippen LogP contribution in [0.4, 0.5) is 0 Å². The summed E-state index contributed by atoms with van der Waals surface area (Å²) in [6.07, 6.45) is 0. The first-order valence-corrected chi connectivity index (χ1v) is 41.2. The Bertz CT molecular complexity index is 8370. The molecule has 22 aromatic carbocycles. The van der Waals surface area contributed by atoms with Crippen LogP contribution in [0.25, 0.3) is 263 Å². The first-order valence-electron chi connectivity index (χ1n) is 41.2. The maximum atomic E-state index is 6.47. The lowest BCUT2D eigenvalue weighted by Gasteiger charge is -2.20. The average Bonchev–Trinajstić information content (AvgIpc) is 0.939. The highest BCUT2D eigenvalue weighted by Gasteiger charge is 2.26. The van der Waals surface area contributed by atoms with E-state index >= 15 is 0 Å². The lowest BCUT2D eigenvalue weighted by Crippen LogP contribution is -1.93. The molecule has 0 bridgehead atoms. The molecule has 4 heteroatoms. The van der Waals surface area contributed by atoms with Crippen molar-refractivity contribution in [3.8, 4) is 89.0 Å². The Balaban J connectivity index is 0.000000133. The van der Waals surface area contributed by atoms with Gasteiger partial charge in [0.05, 0.1) is 0 Å². The van der Waals surface area contributed by atoms with Gasteiger partial charge in [-0.1, -0.05) is 352 Å². The molecule has 0 aliphatic rings. The average molecular weight is 1530 g/mol. The van der Waals surface area contributed by atoms with Crippen LogP contribution in [0.15, 0.2) is 430 Å². The maximum absolute atomic E-state index is 6.47. The largest absolute Gasteiger partial charge is 0.456 e. The van der Waals surface area contributed by atoms with Gasteiger partial charge < -0.3 is 17.7 Å². The van der Waals surface area contributed by atoms with Crippen molar-refractivity contribution >= 4 is 174 Å². The van der Waals surface area contributed by atoms with Crippen molar-refractivity contribution in [2.24, 2.45) is 0 Å². The topological polar surface area (TPSA) is 52.6 Å². The first kappa shape index (κ1) is 67.5. The summed E-state index contributed by atoms with van der Waals surface area (Å²) in [5.41, 5.74) is 26.4. The van der Waals surface area contributed by atoms with E-state index in [1.165, 1.54) is 175 Å². The molecule has 4 aromatic heterocycles. The number of rotatable bonds is 8. The molecule has 0 unspecified atom stereocenters. The molecule has 0 aliphatic heterocycles. The third-order valence-electron chi connectivity index (χ3n) is 25.4. The minimum atomic E-state index is 0.899. The summed E-state index contributed by atoms with van der Waals surface area (Å²) in [5, 5.41) is 28.4. The molecule has 0 spiro atoms. The summed E-state index contributed by atoms with van der Waals surface area (Å²) < 4.78 is 25.7. The monoisotopic (exact) mass is 1520 g/mol. The van der Waals surface area contributed by atoms with Crippen molar-refractivity contribution in [3.63, 3.8) is 0 Å². The summed E-state index contributed by atoms with van der Waals surface area (Å²) in [6, 6.07) is 149. The molecule has 0 amide bonds. The standard InChI is InChI=1S/2C58H34O2/c1-2-14-35(15-3-1)38-18-4-5-19-41(38)56-44-26-12-22-39(42-24-10-16-36-30-32-52-57(54(36)42)46-20-6-8-28-50(46)59-52)48(44)34-49-40(23-13-27-45(49)56)43-25-11-17-37-31-33-53-58(55(37)43)47-21-7-9-29-51(47)60-53;1-2-14-35(15-3-1)36-16-4-5-17-43(36)56-46-26-12-22-39(37-20-10-24-44-41(37)30-32-54-57(44)48-18-6-8-28-52(48)59-54)50(46)34-51-40(23-13-27-47(51)56)38-21-11-25-45-42(38)31-33-55-58(45)49-19-7-9-29-53(49)60-55/h2*1-34H. The van der Waals surface area contributed by atoms with Gasteiger partial charge in [0.25, 0.3) is 0 Å². The zero-order valence-electron chi connectivity index (χ0n) is 64.9. The van der Waals surface area contributed by atoms with Gasteiger partial charge in [-0.15, -0.1) is 0 Å². The summed E-state index contributed by atoms with van der Waals surface area (Å²) in [4.78, 5) is 0. The Labute approximate surface area is 688 Å². The lowest BCUT2D eigenvalue weighted by molar-refractivity contribution is 0.669. The number of hydrogen-bond acceptors (Lipinski definition) is 4. The summed E-state index contributed by atoms with van der Waals surface area (Å²) in [5.74, 6) is 0. The fourth-order valence-electron chi connectivity index (χ4n) is 20.3. The highest BCUT2D eigenvalue weighted by Crippen LogP contribution is 2.53. The smallest absolute Gasteiger partial charge is 0.136 e. The fourth-order valence-corrected chi connectivity index (χ4v) is 20.3. The maximum Gasteiger partial charge on any atom is 0.136 e. The lowest BCUT2D eigenvalue weighted by atomic mass is 9.83. The molecule has 26 rings (SSSR count). The number of benzene rings is 22. The third kappa shape index (κ3) is 10.3. The van der Waals surface area contributed by atoms with Gasteiger partial charge in [0.1, 0.15) is 44.7 Å². The number of hydrogen-bond donors (Lipinski definition) is 0. The van der Waals surface area contributed by atoms with E-state index < -0.39 is 0 Å². The van der Waals surface area contributed by atoms with Crippen LogP contribution in [0.1, 0.15) is 0 Å². The van der Waals surface area contributed by atoms with Gasteiger partial charge in [0.15, 0.2) is 0 Å². The minimum absolute atomic E-state index is 0.899. The van der Waals surface area contributed by atoms with Crippen LogP contribution in [0.3, 0.4) is 0 Å². The quantitative estimate of drug-likeness (QED) is 0.142. The molecule has 0 aliphatic carbocycles. The van der Waals surface area contributed by atoms with Crippen LogP contribution in [-0.4, -0.2) is 0 Å². The van der Waals surface area contributed by atoms with E-state index in [9.17, 15) is 0 Å². The second kappa shape index (κ2) is 26.9. The molecule has 0 saturated heterocycles. The molecule has 120 heavy (non-hydrogen) atoms. The van der Waals surface area contributed by atoms with Gasteiger partial charge in [-0.25, -0.2) is 0 Å². The Hall–Kier alpha value is -15.9. The second-order valence-corrected chi connectivity index (χ2v) is 31.7. The highest BCUT2D eigenvalue weighted by atomic mass is 16.3. The predicted molar refractivity (Wildman–Crippen MR) is 506 cm³/mol. The van der Waals surface area contributed by atoms with Crippen molar-refractivity contribution in [2.75, 3.05) is 0 Å². The molecular weight excluding hydrogens is 1460 g/mol. The SMILES string of the molecule is c1ccc(-c2ccccc2-c2c3cccc(-c4cccc5c4ccc4oc6ccccc6c45)c3cc3c(-c4cccc5c4ccc4oc6ccccc6c45)cccc23)cc1.c1ccc(-c2ccccc2-c2c3cccc(-c4cccc5ccc6oc7ccccc7c6c45)c3cc3c(-c4cccc5ccc6oc7ccccc7c6c45)cccc23)cc1. The van der Waals surface area contributed by atoms with E-state index in [4.69, 9.17) is 17.7 Å². The van der Waals surface area contributed by atoms with Gasteiger partial charge in [-0.05, 0) is 225 Å². The van der Waals surface area contributed by atoms with E-state index in [0.717, 1.165) is 87.8 Å². The van der Waals surface area contributed by atoms with Crippen LogP contribution < -0.4 is 0 Å². The minimum Gasteiger partial charge on any atom is -0.456 e. The Morgan fingerprint density at radius 3 is 0.733 bits per heavy atom. The van der Waals surface area contributed by atoms with Crippen LogP contribution in [0, 0.1) is 0 Å². The summed E-state index contributed by atoms with van der Waals surface area (Å²) in [7, 11) is 0. The molecule has 0 atom stereocenters. The zero-order valence-corrected chi connectivity index (χ0v) is 64.9. The molecule has 4 nitrogen and oxygen atoms in total. The van der Waals surface area contributed by atoms with Crippen LogP contribution in [0.5, 0.6) is 0 Å². The molecule has 0 N–H and O–H groups in total. The molecule has 4 heterocycles. The zero-order chi connectivity index (χ0) is 78.6. The van der Waals surface area contributed by atoms with Gasteiger partial charge in [-0.3, -0.25) is 0 Å². The molecule has 556 valence electrons. The third-order valence-corrected chi connectivity index (χ3v) is 25.4. The van der Waals surface area contributed by atoms with E-state index in [1.54, 1.807) is 0 Å². The van der Waals surface area contributed by atoms with Crippen LogP contribution >= 0.6 is 0 Å². The number of para-hydroxylation sites is 4. The van der Waals surface area contributed by atoms with Crippen molar-refractivity contribution in [3.05, 3.63) is 413 Å². The Morgan fingerprint density at radius 2 is 0.367 bits per heavy atom. The molecule has 0 saturated carbocycles. The van der Waals surface area contributed by atoms with E-state index in [0.29, 0.717) is 0 Å². The Morgan fingerprint density at radius 1 is 0.117 bits per heavy atom. The molecule has 26 aromatic rings. The van der Waals surface area contributed by atoms with Crippen LogP contribution in [-0.2, 0) is 0 Å². The van der Waals surface area contributed by atoms with Gasteiger partial charge in [0.2, 0.25) is 0 Å². The van der Waals surface area contributed by atoms with Gasteiger partial charge in [0, 0.05) is 53.9 Å². The normalized spacial score (nSPS) is 12.0. The highest BCUT2D eigenvalue weighted by molar-refractivity contribution is 6.31. The van der Waals surface area contributed by atoms with E-state index in [1.807, 2.05) is 24.3 Å². The van der Waals surface area contributed by atoms with Crippen molar-refractivity contribution < 1.29 is 17.7 Å². The number of fused-ring (bicyclic) bond motifs is 24. The van der Waals surface area contributed by atoms with Gasteiger partial charge in [-0.2, -0.15) is 0 Å². The Kier molecular flexibility index (Phi) is 15.1. The molecule has 0 fully saturated rings. The molecular formula is C116H68O4. The number of furan rings is 4. The second-order valence-electron chi connectivity index (χ2n) is 31.7. The van der Waals surface area contributed by atoms with E-state index in [-0.39, 0.29) is 0 Å². The summed E-state index contributed by atoms with van der Waals surface area (Å²) >= 11 is 0. The first-order chi connectivity index (χ1) is 59.6. The van der Waals surface area contributed by atoms with Crippen molar-refractivity contribution in [1.29, 1.82) is 0 Å². The predicted octanol–water partition coefficient (Wildman–Crippen LogP) is 33.5. The van der Waals surface area contributed by atoms with Crippen molar-refractivity contribution in [1.82, 2.24) is 0 Å².